The van der Waals surface area contributed by atoms with E-state index in [-0.39, 0.29) is 23.6 Å². The number of hydrogen-bond acceptors (Lipinski definition) is 4. The topological polar surface area (TPSA) is 74.8 Å². The number of carbonyl (C=O) groups excluding carboxylic acids is 4. The lowest BCUT2D eigenvalue weighted by Gasteiger charge is -2.19. The maximum absolute atomic E-state index is 12.2. The number of hydrogen-bond donors (Lipinski definition) is 0. The summed E-state index contributed by atoms with van der Waals surface area (Å²) in [7, 11) is 0. The number of amides is 4. The van der Waals surface area contributed by atoms with Gasteiger partial charge in [-0.25, -0.2) is 9.80 Å². The molecule has 7 rings (SSSR count). The van der Waals surface area contributed by atoms with E-state index in [1.54, 1.807) is 24.3 Å². The summed E-state index contributed by atoms with van der Waals surface area (Å²) in [6, 6.07) is 27.5. The second kappa shape index (κ2) is 8.60. The molecule has 0 saturated heterocycles. The maximum atomic E-state index is 12.2. The van der Waals surface area contributed by atoms with E-state index in [4.69, 9.17) is 0 Å². The molecule has 4 amide bonds. The summed E-state index contributed by atoms with van der Waals surface area (Å²) in [6.45, 7) is 0. The van der Waals surface area contributed by atoms with E-state index in [2.05, 4.69) is 24.3 Å². The van der Waals surface area contributed by atoms with Crippen LogP contribution in [-0.4, -0.2) is 23.6 Å². The molecule has 6 nitrogen and oxygen atoms in total. The van der Waals surface area contributed by atoms with Crippen LogP contribution in [0.2, 0.25) is 0 Å². The molecule has 0 unspecified atom stereocenters. The minimum atomic E-state index is -0.353. The molecular formula is C33H20N2O4. The van der Waals surface area contributed by atoms with Crippen LogP contribution in [0.25, 0.3) is 33.4 Å². The Balaban J connectivity index is 1.34. The molecule has 39 heavy (non-hydrogen) atoms. The molecule has 1 aliphatic carbocycles. The molecule has 4 aromatic rings. The predicted molar refractivity (Wildman–Crippen MR) is 149 cm³/mol. The molecule has 0 fully saturated rings. The highest BCUT2D eigenvalue weighted by molar-refractivity contribution is 6.28. The largest absolute Gasteiger partial charge is 0.269 e. The van der Waals surface area contributed by atoms with Crippen molar-refractivity contribution in [2.24, 2.45) is 0 Å². The fourth-order valence-corrected chi connectivity index (χ4v) is 5.66. The van der Waals surface area contributed by atoms with Crippen LogP contribution in [0.5, 0.6) is 0 Å². The predicted octanol–water partition coefficient (Wildman–Crippen LogP) is 5.45. The molecule has 3 aliphatic rings. The van der Waals surface area contributed by atoms with Crippen LogP contribution in [0.1, 0.15) is 11.1 Å². The van der Waals surface area contributed by atoms with Crippen LogP contribution in [-0.2, 0) is 25.6 Å². The second-order valence-corrected chi connectivity index (χ2v) is 9.63. The number of fused-ring (bicyclic) bond motifs is 3. The zero-order valence-corrected chi connectivity index (χ0v) is 20.6. The van der Waals surface area contributed by atoms with Gasteiger partial charge in [0.25, 0.3) is 23.6 Å². The van der Waals surface area contributed by atoms with Gasteiger partial charge in [-0.1, -0.05) is 60.7 Å². The van der Waals surface area contributed by atoms with Gasteiger partial charge in [0.05, 0.1) is 11.4 Å². The highest BCUT2D eigenvalue weighted by Crippen LogP contribution is 2.46. The van der Waals surface area contributed by atoms with E-state index in [9.17, 15) is 19.2 Å². The van der Waals surface area contributed by atoms with Crippen molar-refractivity contribution in [1.29, 1.82) is 0 Å². The van der Waals surface area contributed by atoms with E-state index in [1.807, 2.05) is 36.4 Å². The molecule has 0 aromatic heterocycles. The summed E-state index contributed by atoms with van der Waals surface area (Å²) in [4.78, 5) is 51.0. The summed E-state index contributed by atoms with van der Waals surface area (Å²) < 4.78 is 0. The Morgan fingerprint density at radius 2 is 0.949 bits per heavy atom. The molecule has 0 radical (unpaired) electrons. The lowest BCUT2D eigenvalue weighted by Crippen LogP contribution is -2.29. The Kier molecular flexibility index (Phi) is 5.03. The fraction of sp³-hybridized carbons (Fsp3) is 0.0303. The van der Waals surface area contributed by atoms with Gasteiger partial charge in [-0.05, 0) is 75.2 Å². The number of carbonyl (C=O) groups is 4. The lowest BCUT2D eigenvalue weighted by molar-refractivity contribution is -0.121. The van der Waals surface area contributed by atoms with Gasteiger partial charge in [0.15, 0.2) is 0 Å². The van der Waals surface area contributed by atoms with Crippen LogP contribution in [0.3, 0.4) is 0 Å². The first-order valence-corrected chi connectivity index (χ1v) is 12.6. The normalized spacial score (nSPS) is 15.5. The summed E-state index contributed by atoms with van der Waals surface area (Å²) in [5.74, 6) is -1.41. The molecule has 0 bridgehead atoms. The van der Waals surface area contributed by atoms with Crippen LogP contribution in [0, 0.1) is 0 Å². The smallest absolute Gasteiger partial charge is 0.258 e. The van der Waals surface area contributed by atoms with E-state index in [0.717, 1.165) is 38.5 Å². The van der Waals surface area contributed by atoms with Crippen molar-refractivity contribution in [3.63, 3.8) is 0 Å². The summed E-state index contributed by atoms with van der Waals surface area (Å²) >= 11 is 0. The van der Waals surface area contributed by atoms with Gasteiger partial charge in [0, 0.05) is 24.3 Å². The van der Waals surface area contributed by atoms with Gasteiger partial charge in [-0.15, -0.1) is 0 Å². The van der Waals surface area contributed by atoms with Crippen LogP contribution in [0.15, 0.2) is 109 Å². The first-order valence-electron chi connectivity index (χ1n) is 12.6. The van der Waals surface area contributed by atoms with Gasteiger partial charge in [-0.2, -0.15) is 0 Å². The van der Waals surface area contributed by atoms with Crippen molar-refractivity contribution >= 4 is 35.0 Å². The number of anilines is 2. The minimum Gasteiger partial charge on any atom is -0.269 e. The summed E-state index contributed by atoms with van der Waals surface area (Å²) in [6.07, 6.45) is 5.88. The average molecular weight is 509 g/mol. The third-order valence-corrected chi connectivity index (χ3v) is 7.46. The number of nitrogens with zero attached hydrogens (tertiary/aromatic N) is 2. The molecule has 4 aromatic carbocycles. The number of rotatable bonds is 4. The quantitative estimate of drug-likeness (QED) is 0.303. The van der Waals surface area contributed by atoms with Crippen LogP contribution >= 0.6 is 0 Å². The van der Waals surface area contributed by atoms with Crippen molar-refractivity contribution in [2.45, 2.75) is 6.42 Å². The second-order valence-electron chi connectivity index (χ2n) is 9.63. The molecule has 2 aliphatic heterocycles. The monoisotopic (exact) mass is 508 g/mol. The number of benzene rings is 4. The molecule has 0 N–H and O–H groups in total. The first kappa shape index (κ1) is 22.8. The van der Waals surface area contributed by atoms with Crippen molar-refractivity contribution in [3.05, 3.63) is 120 Å². The highest BCUT2D eigenvalue weighted by Gasteiger charge is 2.28. The molecule has 0 atom stereocenters. The Bertz CT molecular complexity index is 1760. The maximum Gasteiger partial charge on any atom is 0.258 e. The third kappa shape index (κ3) is 3.57. The average Bonchev–Trinajstić information content (AvgIpc) is 3.62. The van der Waals surface area contributed by atoms with Crippen LogP contribution in [0.4, 0.5) is 11.4 Å². The van der Waals surface area contributed by atoms with E-state index < -0.39 is 0 Å². The SMILES string of the molecule is O=C1C=CC(=O)N1c1ccc(-c2ccc3c(c2-c2ccc(N4C(=O)C=CC4=O)cc2)Cc2ccccc2-3)cc1. The van der Waals surface area contributed by atoms with E-state index in [1.165, 1.54) is 46.6 Å². The highest BCUT2D eigenvalue weighted by atomic mass is 16.2. The van der Waals surface area contributed by atoms with Crippen LogP contribution < -0.4 is 9.80 Å². The van der Waals surface area contributed by atoms with Gasteiger partial charge in [0.2, 0.25) is 0 Å². The molecule has 2 heterocycles. The van der Waals surface area contributed by atoms with Gasteiger partial charge in [0.1, 0.15) is 0 Å². The molecule has 0 saturated carbocycles. The molecule has 186 valence electrons. The van der Waals surface area contributed by atoms with Gasteiger partial charge < -0.3 is 0 Å². The number of imide groups is 2. The Morgan fingerprint density at radius 3 is 1.51 bits per heavy atom. The first-order chi connectivity index (χ1) is 19.0. The Hall–Kier alpha value is -5.36. The van der Waals surface area contributed by atoms with E-state index >= 15 is 0 Å². The zero-order valence-electron chi connectivity index (χ0n) is 20.6. The summed E-state index contributed by atoms with van der Waals surface area (Å²) in [5, 5.41) is 0. The Labute approximate surface area is 224 Å². The van der Waals surface area contributed by atoms with Crippen molar-refractivity contribution in [3.8, 4) is 33.4 Å². The standard InChI is InChI=1S/C33H20N2O4/c36-29-15-16-30(37)34(29)23-9-5-20(6-10-23)26-13-14-27-25-4-2-1-3-22(25)19-28(27)33(26)21-7-11-24(12-8-21)35-31(38)17-18-32(35)39/h1-18H,19H2. The zero-order chi connectivity index (χ0) is 26.7. The van der Waals surface area contributed by atoms with E-state index in [0.29, 0.717) is 11.4 Å². The van der Waals surface area contributed by atoms with Crippen molar-refractivity contribution < 1.29 is 19.2 Å². The third-order valence-electron chi connectivity index (χ3n) is 7.46. The fourth-order valence-electron chi connectivity index (χ4n) is 5.66. The van der Waals surface area contributed by atoms with Gasteiger partial charge in [-0.3, -0.25) is 19.2 Å². The Morgan fingerprint density at radius 1 is 0.462 bits per heavy atom. The minimum absolute atomic E-state index is 0.352. The van der Waals surface area contributed by atoms with Gasteiger partial charge >= 0.3 is 0 Å². The molecule has 0 spiro atoms. The van der Waals surface area contributed by atoms with Crippen molar-refractivity contribution in [2.75, 3.05) is 9.80 Å². The lowest BCUT2D eigenvalue weighted by atomic mass is 9.87. The molecular weight excluding hydrogens is 488 g/mol. The summed E-state index contributed by atoms with van der Waals surface area (Å²) in [5.41, 5.74) is 9.87. The van der Waals surface area contributed by atoms with Crippen molar-refractivity contribution in [1.82, 2.24) is 0 Å². The molecule has 6 heteroatoms.